The van der Waals surface area contributed by atoms with Gasteiger partial charge in [0, 0.05) is 12.5 Å². The van der Waals surface area contributed by atoms with Gasteiger partial charge in [-0.3, -0.25) is 0 Å². The monoisotopic (exact) mass is 169 g/mol. The molecule has 0 radical (unpaired) electrons. The van der Waals surface area contributed by atoms with Crippen molar-refractivity contribution in [2.24, 2.45) is 11.8 Å². The van der Waals surface area contributed by atoms with E-state index in [1.54, 1.807) is 0 Å². The number of hydrogen-bond donors (Lipinski definition) is 1. The largest absolute Gasteiger partial charge is 0.391 e. The van der Waals surface area contributed by atoms with Crippen LogP contribution in [0.4, 0.5) is 0 Å². The van der Waals surface area contributed by atoms with Crippen LogP contribution in [0.15, 0.2) is 0 Å². The van der Waals surface area contributed by atoms with Crippen molar-refractivity contribution < 1.29 is 9.84 Å². The zero-order valence-corrected chi connectivity index (χ0v) is 7.36. The minimum atomic E-state index is -0.498. The molecule has 1 fully saturated rings. The summed E-state index contributed by atoms with van der Waals surface area (Å²) >= 11 is 0. The number of aliphatic hydroxyl groups excluding tert-OH is 1. The Morgan fingerprint density at radius 1 is 1.75 bits per heavy atom. The van der Waals surface area contributed by atoms with Gasteiger partial charge in [0.05, 0.1) is 24.7 Å². The van der Waals surface area contributed by atoms with Crippen molar-refractivity contribution in [3.63, 3.8) is 0 Å². The van der Waals surface area contributed by atoms with E-state index in [-0.39, 0.29) is 11.8 Å². The van der Waals surface area contributed by atoms with Gasteiger partial charge in [0.15, 0.2) is 0 Å². The van der Waals surface area contributed by atoms with Crippen LogP contribution >= 0.6 is 0 Å². The van der Waals surface area contributed by atoms with Gasteiger partial charge in [0.25, 0.3) is 0 Å². The van der Waals surface area contributed by atoms with Crippen LogP contribution in [0.25, 0.3) is 0 Å². The molecule has 68 valence electrons. The fourth-order valence-electron chi connectivity index (χ4n) is 1.56. The van der Waals surface area contributed by atoms with E-state index in [4.69, 9.17) is 10.00 Å². The zero-order chi connectivity index (χ0) is 8.97. The molecule has 3 unspecified atom stereocenters. The molecule has 3 nitrogen and oxygen atoms in total. The Labute approximate surface area is 73.0 Å². The SMILES string of the molecule is CCC(C#N)C(O)C1CCOC1. The number of aliphatic hydroxyl groups is 1. The molecule has 0 aliphatic carbocycles. The van der Waals surface area contributed by atoms with Crippen molar-refractivity contribution in [3.8, 4) is 6.07 Å². The van der Waals surface area contributed by atoms with Crippen LogP contribution in [-0.4, -0.2) is 24.4 Å². The lowest BCUT2D eigenvalue weighted by Gasteiger charge is -2.19. The molecule has 0 saturated carbocycles. The molecule has 1 saturated heterocycles. The standard InChI is InChI=1S/C9H15NO2/c1-2-7(5-10)9(11)8-3-4-12-6-8/h7-9,11H,2-4,6H2,1H3. The van der Waals surface area contributed by atoms with Crippen LogP contribution in [0.5, 0.6) is 0 Å². The Bertz CT molecular complexity index is 170. The smallest absolute Gasteiger partial charge is 0.0749 e. The van der Waals surface area contributed by atoms with Gasteiger partial charge in [0.1, 0.15) is 0 Å². The Morgan fingerprint density at radius 3 is 2.92 bits per heavy atom. The Kier molecular flexibility index (Phi) is 3.51. The van der Waals surface area contributed by atoms with E-state index in [1.807, 2.05) is 6.92 Å². The van der Waals surface area contributed by atoms with Gasteiger partial charge in [-0.2, -0.15) is 5.26 Å². The third-order valence-corrected chi connectivity index (χ3v) is 2.47. The van der Waals surface area contributed by atoms with Crippen molar-refractivity contribution in [2.45, 2.75) is 25.9 Å². The molecule has 1 N–H and O–H groups in total. The average molecular weight is 169 g/mol. The number of ether oxygens (including phenoxy) is 1. The van der Waals surface area contributed by atoms with E-state index in [0.717, 1.165) is 13.0 Å². The molecule has 1 heterocycles. The van der Waals surface area contributed by atoms with Crippen LogP contribution in [0.2, 0.25) is 0 Å². The topological polar surface area (TPSA) is 53.2 Å². The van der Waals surface area contributed by atoms with Gasteiger partial charge in [-0.05, 0) is 12.8 Å². The lowest BCUT2D eigenvalue weighted by atomic mass is 9.90. The van der Waals surface area contributed by atoms with Crippen LogP contribution < -0.4 is 0 Å². The third-order valence-electron chi connectivity index (χ3n) is 2.47. The van der Waals surface area contributed by atoms with Gasteiger partial charge in [-0.25, -0.2) is 0 Å². The maximum absolute atomic E-state index is 9.71. The van der Waals surface area contributed by atoms with E-state index >= 15 is 0 Å². The molecule has 0 aromatic heterocycles. The maximum atomic E-state index is 9.71. The number of rotatable bonds is 3. The minimum absolute atomic E-state index is 0.176. The Hall–Kier alpha value is -0.590. The van der Waals surface area contributed by atoms with Crippen LogP contribution in [0.3, 0.4) is 0 Å². The molecular weight excluding hydrogens is 154 g/mol. The molecule has 0 aromatic rings. The highest BCUT2D eigenvalue weighted by Crippen LogP contribution is 2.23. The first-order chi connectivity index (χ1) is 5.79. The van der Waals surface area contributed by atoms with Gasteiger partial charge in [-0.15, -0.1) is 0 Å². The van der Waals surface area contributed by atoms with Gasteiger partial charge in [0.2, 0.25) is 0 Å². The molecule has 0 spiro atoms. The van der Waals surface area contributed by atoms with E-state index < -0.39 is 6.10 Å². The number of hydrogen-bond acceptors (Lipinski definition) is 3. The van der Waals surface area contributed by atoms with Gasteiger partial charge >= 0.3 is 0 Å². The zero-order valence-electron chi connectivity index (χ0n) is 7.36. The summed E-state index contributed by atoms with van der Waals surface area (Å²) in [5.41, 5.74) is 0. The fourth-order valence-corrected chi connectivity index (χ4v) is 1.56. The lowest BCUT2D eigenvalue weighted by molar-refractivity contribution is 0.0604. The summed E-state index contributed by atoms with van der Waals surface area (Å²) in [5, 5.41) is 18.4. The van der Waals surface area contributed by atoms with Crippen molar-refractivity contribution in [1.82, 2.24) is 0 Å². The van der Waals surface area contributed by atoms with E-state index in [9.17, 15) is 5.11 Å². The second-order valence-corrected chi connectivity index (χ2v) is 3.26. The Balaban J connectivity index is 2.44. The summed E-state index contributed by atoms with van der Waals surface area (Å²) in [5.74, 6) is -0.0497. The molecule has 1 rings (SSSR count). The first-order valence-corrected chi connectivity index (χ1v) is 4.45. The highest BCUT2D eigenvalue weighted by Gasteiger charge is 2.29. The first-order valence-electron chi connectivity index (χ1n) is 4.45. The lowest BCUT2D eigenvalue weighted by Crippen LogP contribution is -2.28. The number of nitriles is 1. The van der Waals surface area contributed by atoms with Gasteiger partial charge in [-0.1, -0.05) is 6.92 Å². The summed E-state index contributed by atoms with van der Waals surface area (Å²) in [7, 11) is 0. The van der Waals surface area contributed by atoms with Crippen molar-refractivity contribution in [1.29, 1.82) is 5.26 Å². The summed E-state index contributed by atoms with van der Waals surface area (Å²) in [6.07, 6.45) is 1.11. The van der Waals surface area contributed by atoms with E-state index in [0.29, 0.717) is 13.0 Å². The average Bonchev–Trinajstić information content (AvgIpc) is 2.58. The van der Waals surface area contributed by atoms with Crippen LogP contribution in [0.1, 0.15) is 19.8 Å². The highest BCUT2D eigenvalue weighted by molar-refractivity contribution is 4.91. The summed E-state index contributed by atoms with van der Waals surface area (Å²) in [6, 6.07) is 2.12. The maximum Gasteiger partial charge on any atom is 0.0749 e. The second-order valence-electron chi connectivity index (χ2n) is 3.26. The molecular formula is C9H15NO2. The van der Waals surface area contributed by atoms with Crippen LogP contribution in [-0.2, 0) is 4.74 Å². The molecule has 0 aromatic carbocycles. The molecule has 12 heavy (non-hydrogen) atoms. The summed E-state index contributed by atoms with van der Waals surface area (Å²) < 4.78 is 5.15. The second kappa shape index (κ2) is 4.44. The van der Waals surface area contributed by atoms with Gasteiger partial charge < -0.3 is 9.84 Å². The molecule has 0 bridgehead atoms. The molecule has 3 atom stereocenters. The predicted molar refractivity (Wildman–Crippen MR) is 44.3 cm³/mol. The normalized spacial score (nSPS) is 27.9. The summed E-state index contributed by atoms with van der Waals surface area (Å²) in [4.78, 5) is 0. The molecule has 3 heteroatoms. The fraction of sp³-hybridized carbons (Fsp3) is 0.889. The summed E-state index contributed by atoms with van der Waals surface area (Å²) in [6.45, 7) is 3.26. The Morgan fingerprint density at radius 2 is 2.50 bits per heavy atom. The van der Waals surface area contributed by atoms with Crippen LogP contribution in [0, 0.1) is 23.2 Å². The van der Waals surface area contributed by atoms with Crippen molar-refractivity contribution >= 4 is 0 Å². The van der Waals surface area contributed by atoms with Crippen molar-refractivity contribution in [2.75, 3.05) is 13.2 Å². The van der Waals surface area contributed by atoms with Crippen molar-refractivity contribution in [3.05, 3.63) is 0 Å². The molecule has 0 amide bonds. The predicted octanol–water partition coefficient (Wildman–Crippen LogP) is 0.934. The highest BCUT2D eigenvalue weighted by atomic mass is 16.5. The first kappa shape index (κ1) is 9.50. The third kappa shape index (κ3) is 1.96. The quantitative estimate of drug-likeness (QED) is 0.684. The molecule has 1 aliphatic rings. The molecule has 1 aliphatic heterocycles. The van der Waals surface area contributed by atoms with E-state index in [1.165, 1.54) is 0 Å². The van der Waals surface area contributed by atoms with E-state index in [2.05, 4.69) is 6.07 Å². The minimum Gasteiger partial charge on any atom is -0.391 e. The number of nitrogens with zero attached hydrogens (tertiary/aromatic N) is 1.